The molecule has 1 heterocycles. The van der Waals surface area contributed by atoms with Gasteiger partial charge in [0.1, 0.15) is 0 Å². The van der Waals surface area contributed by atoms with Crippen LogP contribution < -0.4 is 5.32 Å². The van der Waals surface area contributed by atoms with Crippen molar-refractivity contribution < 1.29 is 8.42 Å². The first-order valence-electron chi connectivity index (χ1n) is 5.89. The summed E-state index contributed by atoms with van der Waals surface area (Å²) in [5.74, 6) is 0. The summed E-state index contributed by atoms with van der Waals surface area (Å²) >= 11 is 5.08. The van der Waals surface area contributed by atoms with E-state index in [0.717, 1.165) is 16.7 Å². The Morgan fingerprint density at radius 1 is 1.25 bits per heavy atom. The van der Waals surface area contributed by atoms with Gasteiger partial charge in [-0.25, -0.2) is 12.7 Å². The van der Waals surface area contributed by atoms with Crippen LogP contribution in [0.25, 0.3) is 0 Å². The lowest BCUT2D eigenvalue weighted by molar-refractivity contribution is 0.521. The molecule has 2 aromatic rings. The average molecular weight is 375 g/mol. The molecule has 0 fully saturated rings. The second kappa shape index (κ2) is 6.26. The smallest absolute Gasteiger partial charge is 0.242 e. The van der Waals surface area contributed by atoms with E-state index in [9.17, 15) is 8.42 Å². The van der Waals surface area contributed by atoms with Gasteiger partial charge in [0.2, 0.25) is 10.0 Å². The lowest BCUT2D eigenvalue weighted by atomic mass is 10.3. The van der Waals surface area contributed by atoms with Crippen LogP contribution in [0.4, 0.5) is 5.69 Å². The van der Waals surface area contributed by atoms with Crippen molar-refractivity contribution in [3.8, 4) is 0 Å². The molecule has 1 N–H and O–H groups in total. The van der Waals surface area contributed by atoms with Crippen molar-refractivity contribution in [3.05, 3.63) is 45.1 Å². The van der Waals surface area contributed by atoms with Crippen molar-refractivity contribution in [1.82, 2.24) is 4.31 Å². The topological polar surface area (TPSA) is 49.4 Å². The Balaban J connectivity index is 2.05. The van der Waals surface area contributed by atoms with E-state index in [1.165, 1.54) is 23.3 Å². The third kappa shape index (κ3) is 3.60. The molecule has 1 aromatic carbocycles. The Hall–Kier alpha value is -0.890. The zero-order chi connectivity index (χ0) is 14.8. The second-order valence-electron chi connectivity index (χ2n) is 4.40. The maximum Gasteiger partial charge on any atom is 0.242 e. The van der Waals surface area contributed by atoms with E-state index in [1.54, 1.807) is 35.6 Å². The molecule has 108 valence electrons. The predicted molar refractivity (Wildman–Crippen MR) is 86.7 cm³/mol. The van der Waals surface area contributed by atoms with Crippen LogP contribution in [-0.2, 0) is 16.6 Å². The van der Waals surface area contributed by atoms with Gasteiger partial charge in [-0.15, -0.1) is 11.3 Å². The van der Waals surface area contributed by atoms with Crippen LogP contribution >= 0.6 is 27.3 Å². The van der Waals surface area contributed by atoms with E-state index in [-0.39, 0.29) is 0 Å². The van der Waals surface area contributed by atoms with Gasteiger partial charge < -0.3 is 5.32 Å². The van der Waals surface area contributed by atoms with E-state index in [0.29, 0.717) is 4.90 Å². The molecule has 0 aliphatic carbocycles. The molecule has 20 heavy (non-hydrogen) atoms. The van der Waals surface area contributed by atoms with Gasteiger partial charge >= 0.3 is 0 Å². The molecule has 0 spiro atoms. The summed E-state index contributed by atoms with van der Waals surface area (Å²) in [4.78, 5) is 1.51. The molecular formula is C13H15BrN2O2S2. The van der Waals surface area contributed by atoms with Gasteiger partial charge in [0.05, 0.1) is 4.90 Å². The fourth-order valence-electron chi connectivity index (χ4n) is 1.59. The van der Waals surface area contributed by atoms with Crippen LogP contribution in [-0.4, -0.2) is 26.8 Å². The fraction of sp³-hybridized carbons (Fsp3) is 0.231. The summed E-state index contributed by atoms with van der Waals surface area (Å²) in [6.07, 6.45) is 0. The average Bonchev–Trinajstić information content (AvgIpc) is 2.82. The van der Waals surface area contributed by atoms with E-state index in [1.807, 2.05) is 5.38 Å². The van der Waals surface area contributed by atoms with Gasteiger partial charge in [0, 0.05) is 41.1 Å². The highest BCUT2D eigenvalue weighted by atomic mass is 79.9. The van der Waals surface area contributed by atoms with Crippen molar-refractivity contribution in [1.29, 1.82) is 0 Å². The maximum atomic E-state index is 11.9. The molecule has 7 heteroatoms. The molecule has 0 atom stereocenters. The van der Waals surface area contributed by atoms with Gasteiger partial charge in [-0.2, -0.15) is 0 Å². The third-order valence-electron chi connectivity index (χ3n) is 2.72. The molecule has 2 rings (SSSR count). The zero-order valence-corrected chi connectivity index (χ0v) is 14.3. The van der Waals surface area contributed by atoms with Gasteiger partial charge in [-0.1, -0.05) is 0 Å². The summed E-state index contributed by atoms with van der Waals surface area (Å²) in [5.41, 5.74) is 0.896. The molecule has 0 aliphatic heterocycles. The van der Waals surface area contributed by atoms with Crippen LogP contribution in [0.3, 0.4) is 0 Å². The monoisotopic (exact) mass is 374 g/mol. The number of hydrogen-bond acceptors (Lipinski definition) is 4. The van der Waals surface area contributed by atoms with E-state index in [4.69, 9.17) is 0 Å². The highest BCUT2D eigenvalue weighted by Crippen LogP contribution is 2.21. The molecule has 0 radical (unpaired) electrons. The van der Waals surface area contributed by atoms with Crippen LogP contribution in [0.1, 0.15) is 4.88 Å². The van der Waals surface area contributed by atoms with Gasteiger partial charge in [0.25, 0.3) is 0 Å². The largest absolute Gasteiger partial charge is 0.380 e. The van der Waals surface area contributed by atoms with Crippen LogP contribution in [0, 0.1) is 0 Å². The summed E-state index contributed by atoms with van der Waals surface area (Å²) in [6, 6.07) is 8.84. The van der Waals surface area contributed by atoms with E-state index < -0.39 is 10.0 Å². The van der Waals surface area contributed by atoms with Crippen molar-refractivity contribution in [3.63, 3.8) is 0 Å². The number of sulfonamides is 1. The minimum Gasteiger partial charge on any atom is -0.380 e. The zero-order valence-electron chi connectivity index (χ0n) is 11.1. The van der Waals surface area contributed by atoms with Crippen molar-refractivity contribution in [2.24, 2.45) is 0 Å². The van der Waals surface area contributed by atoms with Crippen molar-refractivity contribution in [2.75, 3.05) is 19.4 Å². The number of halogens is 1. The first-order chi connectivity index (χ1) is 9.39. The SMILES string of the molecule is CN(C)S(=O)(=O)c1ccc(NCc2cc(Br)cs2)cc1. The Labute approximate surface area is 131 Å². The Morgan fingerprint density at radius 2 is 1.90 bits per heavy atom. The molecule has 0 aliphatic rings. The summed E-state index contributed by atoms with van der Waals surface area (Å²) in [5, 5.41) is 5.29. The molecule has 0 unspecified atom stereocenters. The Morgan fingerprint density at radius 3 is 2.40 bits per heavy atom. The van der Waals surface area contributed by atoms with Crippen LogP contribution in [0.2, 0.25) is 0 Å². The van der Waals surface area contributed by atoms with E-state index in [2.05, 4.69) is 27.3 Å². The van der Waals surface area contributed by atoms with Crippen LogP contribution in [0.15, 0.2) is 45.1 Å². The number of benzene rings is 1. The lowest BCUT2D eigenvalue weighted by Gasteiger charge is -2.12. The fourth-order valence-corrected chi connectivity index (χ4v) is 3.88. The van der Waals surface area contributed by atoms with Crippen molar-refractivity contribution >= 4 is 43.0 Å². The molecule has 0 bridgehead atoms. The number of anilines is 1. The minimum absolute atomic E-state index is 0.298. The van der Waals surface area contributed by atoms with Gasteiger partial charge in [-0.3, -0.25) is 0 Å². The highest BCUT2D eigenvalue weighted by Gasteiger charge is 2.16. The van der Waals surface area contributed by atoms with Crippen molar-refractivity contribution in [2.45, 2.75) is 11.4 Å². The number of nitrogens with zero attached hydrogens (tertiary/aromatic N) is 1. The number of hydrogen-bond donors (Lipinski definition) is 1. The quantitative estimate of drug-likeness (QED) is 0.872. The van der Waals surface area contributed by atoms with E-state index >= 15 is 0 Å². The first kappa shape index (κ1) is 15.5. The molecular weight excluding hydrogens is 360 g/mol. The molecule has 0 saturated heterocycles. The second-order valence-corrected chi connectivity index (χ2v) is 8.46. The summed E-state index contributed by atoms with van der Waals surface area (Å²) in [6.45, 7) is 0.718. The number of nitrogens with one attached hydrogen (secondary N) is 1. The third-order valence-corrected chi connectivity index (χ3v) is 6.25. The van der Waals surface area contributed by atoms with Gasteiger partial charge in [0.15, 0.2) is 0 Å². The molecule has 0 amide bonds. The Bertz CT molecular complexity index is 679. The number of rotatable bonds is 5. The molecule has 0 saturated carbocycles. The Kier molecular flexibility index (Phi) is 4.85. The maximum absolute atomic E-state index is 11.9. The normalized spacial score (nSPS) is 11.8. The standard InChI is InChI=1S/C13H15BrN2O2S2/c1-16(2)20(17,18)13-5-3-11(4-6-13)15-8-12-7-10(14)9-19-12/h3-7,9,15H,8H2,1-2H3. The van der Waals surface area contributed by atoms with Gasteiger partial charge in [-0.05, 0) is 46.3 Å². The van der Waals surface area contributed by atoms with Crippen LogP contribution in [0.5, 0.6) is 0 Å². The highest BCUT2D eigenvalue weighted by molar-refractivity contribution is 9.10. The first-order valence-corrected chi connectivity index (χ1v) is 9.00. The summed E-state index contributed by atoms with van der Waals surface area (Å²) < 4.78 is 26.1. The molecule has 1 aromatic heterocycles. The summed E-state index contributed by atoms with van der Waals surface area (Å²) in [7, 11) is -0.308. The lowest BCUT2D eigenvalue weighted by Crippen LogP contribution is -2.22. The molecule has 4 nitrogen and oxygen atoms in total. The predicted octanol–water partition coefficient (Wildman–Crippen LogP) is 3.37. The minimum atomic E-state index is -3.36. The number of thiophene rings is 1.